The second-order valence-electron chi connectivity index (χ2n) is 9.08. The minimum Gasteiger partial charge on any atom is -0.318 e. The second kappa shape index (κ2) is 8.62. The van der Waals surface area contributed by atoms with Gasteiger partial charge in [0.2, 0.25) is 0 Å². The highest BCUT2D eigenvalue weighted by Crippen LogP contribution is 2.37. The zero-order chi connectivity index (χ0) is 22.9. The average molecular weight is 436 g/mol. The van der Waals surface area contributed by atoms with Crippen molar-refractivity contribution in [2.24, 2.45) is 0 Å². The van der Waals surface area contributed by atoms with Crippen LogP contribution in [0.25, 0.3) is 5.69 Å². The van der Waals surface area contributed by atoms with Gasteiger partial charge in [0.1, 0.15) is 0 Å². The number of carbonyl (C=O) groups is 1. The molecule has 4 aromatic rings. The molecule has 0 fully saturated rings. The molecule has 2 heterocycles. The number of fused-ring (bicyclic) bond motifs is 3. The third-order valence-corrected chi connectivity index (χ3v) is 6.41. The number of nitrogens with one attached hydrogen (secondary N) is 1. The van der Waals surface area contributed by atoms with Gasteiger partial charge in [0.15, 0.2) is 0 Å². The zero-order valence-electron chi connectivity index (χ0n) is 19.3. The maximum atomic E-state index is 13.7. The molecular formula is C29H29N3O. The summed E-state index contributed by atoms with van der Waals surface area (Å²) in [5, 5.41) is 3.14. The van der Waals surface area contributed by atoms with Gasteiger partial charge in [0.25, 0.3) is 0 Å². The molecule has 1 aliphatic heterocycles. The predicted molar refractivity (Wildman–Crippen MR) is 134 cm³/mol. The zero-order valence-corrected chi connectivity index (χ0v) is 19.3. The minimum atomic E-state index is -0.210. The molecule has 3 aromatic carbocycles. The average Bonchev–Trinajstić information content (AvgIpc) is 3.23. The summed E-state index contributed by atoms with van der Waals surface area (Å²) in [5.41, 5.74) is 7.64. The Hall–Kier alpha value is -3.79. The van der Waals surface area contributed by atoms with E-state index in [1.165, 1.54) is 5.56 Å². The normalized spacial score (nSPS) is 15.0. The van der Waals surface area contributed by atoms with E-state index in [0.717, 1.165) is 33.8 Å². The van der Waals surface area contributed by atoms with Crippen LogP contribution in [0.2, 0.25) is 0 Å². The largest absolute Gasteiger partial charge is 0.322 e. The number of carbonyl (C=O) groups excluding carboxylic acids is 1. The molecule has 2 amide bonds. The van der Waals surface area contributed by atoms with Crippen molar-refractivity contribution in [2.45, 2.75) is 39.3 Å². The third kappa shape index (κ3) is 4.05. The Kier molecular flexibility index (Phi) is 5.51. The van der Waals surface area contributed by atoms with Gasteiger partial charge in [-0.3, -0.25) is 0 Å². The van der Waals surface area contributed by atoms with E-state index in [-0.39, 0.29) is 12.1 Å². The number of nitrogens with zero attached hydrogens (tertiary/aromatic N) is 2. The van der Waals surface area contributed by atoms with Crippen molar-refractivity contribution in [3.63, 3.8) is 0 Å². The highest BCUT2D eigenvalue weighted by molar-refractivity contribution is 5.90. The van der Waals surface area contributed by atoms with Crippen LogP contribution in [-0.4, -0.2) is 15.5 Å². The molecule has 1 atom stereocenters. The van der Waals surface area contributed by atoms with E-state index < -0.39 is 0 Å². The Bertz CT molecular complexity index is 1290. The molecule has 1 aromatic heterocycles. The van der Waals surface area contributed by atoms with Crippen LogP contribution in [0.15, 0.2) is 91.1 Å². The summed E-state index contributed by atoms with van der Waals surface area (Å²) in [6, 6.07) is 28.8. The van der Waals surface area contributed by atoms with Crippen LogP contribution in [0.3, 0.4) is 0 Å². The summed E-state index contributed by atoms with van der Waals surface area (Å²) in [4.78, 5) is 15.7. The van der Waals surface area contributed by atoms with Crippen LogP contribution in [0.5, 0.6) is 0 Å². The number of urea groups is 1. The van der Waals surface area contributed by atoms with Gasteiger partial charge in [0, 0.05) is 17.6 Å². The fraction of sp³-hybridized carbons (Fsp3) is 0.207. The summed E-state index contributed by atoms with van der Waals surface area (Å²) in [6.07, 6.45) is 2.09. The van der Waals surface area contributed by atoms with Crippen molar-refractivity contribution in [2.75, 3.05) is 5.32 Å². The molecule has 0 bridgehead atoms. The van der Waals surface area contributed by atoms with Crippen LogP contribution in [0, 0.1) is 6.92 Å². The first-order valence-electron chi connectivity index (χ1n) is 11.5. The lowest BCUT2D eigenvalue weighted by Crippen LogP contribution is -2.37. The molecule has 0 saturated heterocycles. The summed E-state index contributed by atoms with van der Waals surface area (Å²) in [5.74, 6) is 0.460. The number of aromatic nitrogens is 1. The van der Waals surface area contributed by atoms with Gasteiger partial charge in [-0.15, -0.1) is 0 Å². The topological polar surface area (TPSA) is 37.3 Å². The van der Waals surface area contributed by atoms with E-state index in [0.29, 0.717) is 12.5 Å². The number of hydrogen-bond acceptors (Lipinski definition) is 1. The summed E-state index contributed by atoms with van der Waals surface area (Å²) >= 11 is 0. The van der Waals surface area contributed by atoms with Crippen LogP contribution < -0.4 is 5.32 Å². The monoisotopic (exact) mass is 435 g/mol. The predicted octanol–water partition coefficient (Wildman–Crippen LogP) is 7.05. The molecular weight excluding hydrogens is 406 g/mol. The number of amides is 2. The Balaban J connectivity index is 1.61. The Morgan fingerprint density at radius 1 is 0.939 bits per heavy atom. The van der Waals surface area contributed by atoms with E-state index in [4.69, 9.17) is 0 Å². The molecule has 4 heteroatoms. The standard InChI is InChI=1S/C29H29N3O/c1-20(2)22-13-15-23(16-14-22)28-27-12-7-17-31(27)26-11-5-4-9-24(26)19-32(28)29(33)30-25-10-6-8-21(3)18-25/h4-18,20,28H,19H2,1-3H3,(H,30,33). The highest BCUT2D eigenvalue weighted by atomic mass is 16.2. The number of benzene rings is 3. The van der Waals surface area contributed by atoms with E-state index in [9.17, 15) is 4.79 Å². The Morgan fingerprint density at radius 3 is 2.48 bits per heavy atom. The van der Waals surface area contributed by atoms with E-state index >= 15 is 0 Å². The maximum absolute atomic E-state index is 13.7. The number of para-hydroxylation sites is 1. The fourth-order valence-electron chi connectivity index (χ4n) is 4.67. The molecule has 0 spiro atoms. The van der Waals surface area contributed by atoms with Crippen molar-refractivity contribution < 1.29 is 4.79 Å². The molecule has 0 radical (unpaired) electrons. The van der Waals surface area contributed by atoms with Crippen molar-refractivity contribution in [1.29, 1.82) is 0 Å². The molecule has 5 rings (SSSR count). The van der Waals surface area contributed by atoms with Crippen molar-refractivity contribution in [3.8, 4) is 5.69 Å². The summed E-state index contributed by atoms with van der Waals surface area (Å²) in [7, 11) is 0. The molecule has 0 saturated carbocycles. The van der Waals surface area contributed by atoms with Crippen molar-refractivity contribution >= 4 is 11.7 Å². The second-order valence-corrected chi connectivity index (χ2v) is 9.08. The number of aryl methyl sites for hydroxylation is 1. The molecule has 33 heavy (non-hydrogen) atoms. The van der Waals surface area contributed by atoms with Crippen molar-refractivity contribution in [3.05, 3.63) is 119 Å². The number of anilines is 1. The molecule has 166 valence electrons. The molecule has 1 unspecified atom stereocenters. The van der Waals surface area contributed by atoms with Crippen molar-refractivity contribution in [1.82, 2.24) is 9.47 Å². The van der Waals surface area contributed by atoms with E-state index in [1.807, 2.05) is 42.2 Å². The van der Waals surface area contributed by atoms with Gasteiger partial charge in [-0.2, -0.15) is 0 Å². The van der Waals surface area contributed by atoms with Crippen LogP contribution in [0.1, 0.15) is 53.8 Å². The summed E-state index contributed by atoms with van der Waals surface area (Å²) in [6.45, 7) is 6.95. The Labute approximate surface area is 195 Å². The minimum absolute atomic E-state index is 0.108. The molecule has 1 N–H and O–H groups in total. The van der Waals surface area contributed by atoms with E-state index in [2.05, 4.69) is 84.5 Å². The van der Waals surface area contributed by atoms with Gasteiger partial charge in [-0.1, -0.05) is 68.4 Å². The number of hydrogen-bond donors (Lipinski definition) is 1. The summed E-state index contributed by atoms with van der Waals surface area (Å²) < 4.78 is 2.22. The van der Waals surface area contributed by atoms with Gasteiger partial charge in [-0.25, -0.2) is 4.79 Å². The van der Waals surface area contributed by atoms with E-state index in [1.54, 1.807) is 0 Å². The first-order chi connectivity index (χ1) is 16.0. The van der Waals surface area contributed by atoms with Crippen LogP contribution >= 0.6 is 0 Å². The smallest absolute Gasteiger partial charge is 0.318 e. The lowest BCUT2D eigenvalue weighted by molar-refractivity contribution is 0.194. The van der Waals surface area contributed by atoms with Gasteiger partial charge in [0.05, 0.1) is 18.3 Å². The van der Waals surface area contributed by atoms with Crippen LogP contribution in [0.4, 0.5) is 10.5 Å². The first kappa shape index (κ1) is 21.1. The maximum Gasteiger partial charge on any atom is 0.322 e. The Morgan fingerprint density at radius 2 is 1.73 bits per heavy atom. The van der Waals surface area contributed by atoms with Gasteiger partial charge >= 0.3 is 6.03 Å². The fourth-order valence-corrected chi connectivity index (χ4v) is 4.67. The molecule has 1 aliphatic rings. The van der Waals surface area contributed by atoms with Gasteiger partial charge < -0.3 is 14.8 Å². The third-order valence-electron chi connectivity index (χ3n) is 6.41. The first-order valence-corrected chi connectivity index (χ1v) is 11.5. The SMILES string of the molecule is Cc1cccc(NC(=O)N2Cc3ccccc3-n3cccc3C2c2ccc(C(C)C)cc2)c1. The quantitative estimate of drug-likeness (QED) is 0.368. The molecule has 0 aliphatic carbocycles. The lowest BCUT2D eigenvalue weighted by atomic mass is 9.97. The number of rotatable bonds is 3. The lowest BCUT2D eigenvalue weighted by Gasteiger charge is -2.31. The molecule has 4 nitrogen and oxygen atoms in total. The highest BCUT2D eigenvalue weighted by Gasteiger charge is 2.33. The van der Waals surface area contributed by atoms with Crippen LogP contribution in [-0.2, 0) is 6.54 Å². The van der Waals surface area contributed by atoms with Gasteiger partial charge in [-0.05, 0) is 65.4 Å².